The SMILES string of the molecule is CN(C(=O)[C@H](Cc1ccc(Cl)cc1Cl)NC(=O)O)c1nc2ccccc2[nH]1. The van der Waals surface area contributed by atoms with E-state index >= 15 is 0 Å². The normalized spacial score (nSPS) is 12.0. The second kappa shape index (κ2) is 7.85. The van der Waals surface area contributed by atoms with Crippen molar-refractivity contribution >= 4 is 52.2 Å². The van der Waals surface area contributed by atoms with Crippen LogP contribution in [0.5, 0.6) is 0 Å². The van der Waals surface area contributed by atoms with Crippen LogP contribution in [0.25, 0.3) is 11.0 Å². The van der Waals surface area contributed by atoms with Crippen molar-refractivity contribution in [2.24, 2.45) is 0 Å². The van der Waals surface area contributed by atoms with Crippen molar-refractivity contribution in [2.75, 3.05) is 11.9 Å². The van der Waals surface area contributed by atoms with Crippen LogP contribution in [0.1, 0.15) is 5.56 Å². The van der Waals surface area contributed by atoms with Gasteiger partial charge < -0.3 is 15.4 Å². The Morgan fingerprint density at radius 3 is 2.67 bits per heavy atom. The van der Waals surface area contributed by atoms with Gasteiger partial charge in [0, 0.05) is 23.5 Å². The quantitative estimate of drug-likeness (QED) is 0.601. The highest BCUT2D eigenvalue weighted by Gasteiger charge is 2.27. The maximum atomic E-state index is 12.9. The van der Waals surface area contributed by atoms with E-state index in [9.17, 15) is 9.59 Å². The zero-order chi connectivity index (χ0) is 19.6. The van der Waals surface area contributed by atoms with Gasteiger partial charge in [0.25, 0.3) is 5.91 Å². The number of hydrogen-bond acceptors (Lipinski definition) is 3. The molecule has 2 amide bonds. The minimum Gasteiger partial charge on any atom is -0.465 e. The van der Waals surface area contributed by atoms with Gasteiger partial charge in [0.05, 0.1) is 11.0 Å². The maximum Gasteiger partial charge on any atom is 0.405 e. The first-order valence-corrected chi connectivity index (χ1v) is 8.76. The van der Waals surface area contributed by atoms with Crippen LogP contribution in [0.4, 0.5) is 10.7 Å². The molecule has 0 radical (unpaired) electrons. The van der Waals surface area contributed by atoms with E-state index in [1.54, 1.807) is 18.2 Å². The Kier molecular flexibility index (Phi) is 5.53. The Balaban J connectivity index is 1.86. The summed E-state index contributed by atoms with van der Waals surface area (Å²) in [4.78, 5) is 32.8. The van der Waals surface area contributed by atoms with E-state index in [0.717, 1.165) is 5.52 Å². The summed E-state index contributed by atoms with van der Waals surface area (Å²) in [7, 11) is 1.53. The van der Waals surface area contributed by atoms with Crippen molar-refractivity contribution < 1.29 is 14.7 Å². The van der Waals surface area contributed by atoms with Crippen LogP contribution < -0.4 is 10.2 Å². The number of carboxylic acid groups (broad SMARTS) is 1. The number of carbonyl (C=O) groups is 2. The molecule has 0 bridgehead atoms. The zero-order valence-corrected chi connectivity index (χ0v) is 15.8. The van der Waals surface area contributed by atoms with Crippen molar-refractivity contribution in [2.45, 2.75) is 12.5 Å². The lowest BCUT2D eigenvalue weighted by Crippen LogP contribution is -2.48. The molecule has 1 aromatic heterocycles. The number of benzene rings is 2. The lowest BCUT2D eigenvalue weighted by atomic mass is 10.0. The summed E-state index contributed by atoms with van der Waals surface area (Å²) in [5.74, 6) is -0.150. The molecule has 9 heteroatoms. The molecule has 2 aromatic carbocycles. The molecule has 7 nitrogen and oxygen atoms in total. The largest absolute Gasteiger partial charge is 0.465 e. The van der Waals surface area contributed by atoms with Crippen LogP contribution >= 0.6 is 23.2 Å². The first kappa shape index (κ1) is 19.0. The molecule has 3 N–H and O–H groups in total. The second-order valence-electron chi connectivity index (χ2n) is 5.92. The van der Waals surface area contributed by atoms with Crippen LogP contribution in [0.3, 0.4) is 0 Å². The van der Waals surface area contributed by atoms with Crippen molar-refractivity contribution in [1.82, 2.24) is 15.3 Å². The summed E-state index contributed by atoms with van der Waals surface area (Å²) in [5.41, 5.74) is 2.08. The summed E-state index contributed by atoms with van der Waals surface area (Å²) in [5, 5.41) is 12.2. The Hall–Kier alpha value is -2.77. The number of amides is 2. The Bertz CT molecular complexity index is 972. The van der Waals surface area contributed by atoms with Gasteiger partial charge in [-0.2, -0.15) is 0 Å². The first-order valence-electron chi connectivity index (χ1n) is 8.01. The first-order chi connectivity index (χ1) is 12.8. The zero-order valence-electron chi connectivity index (χ0n) is 14.2. The molecule has 0 spiro atoms. The van der Waals surface area contributed by atoms with Crippen molar-refractivity contribution in [3.63, 3.8) is 0 Å². The van der Waals surface area contributed by atoms with E-state index in [4.69, 9.17) is 28.3 Å². The molecular weight excluding hydrogens is 391 g/mol. The van der Waals surface area contributed by atoms with Crippen LogP contribution in [0.15, 0.2) is 42.5 Å². The van der Waals surface area contributed by atoms with Crippen molar-refractivity contribution in [3.8, 4) is 0 Å². The van der Waals surface area contributed by atoms with Gasteiger partial charge in [-0.25, -0.2) is 9.78 Å². The average Bonchev–Trinajstić information content (AvgIpc) is 3.05. The predicted octanol–water partition coefficient (Wildman–Crippen LogP) is 3.71. The van der Waals surface area contributed by atoms with Gasteiger partial charge in [0.2, 0.25) is 5.95 Å². The Labute approximate surface area is 164 Å². The van der Waals surface area contributed by atoms with Crippen molar-refractivity contribution in [1.29, 1.82) is 0 Å². The minimum atomic E-state index is -1.31. The maximum absolute atomic E-state index is 12.9. The number of aromatic nitrogens is 2. The molecule has 0 aliphatic rings. The molecule has 0 saturated carbocycles. The Morgan fingerprint density at radius 1 is 1.26 bits per heavy atom. The second-order valence-corrected chi connectivity index (χ2v) is 6.76. The van der Waals surface area contributed by atoms with Crippen LogP contribution in [0, 0.1) is 0 Å². The predicted molar refractivity (Wildman–Crippen MR) is 105 cm³/mol. The number of nitrogens with one attached hydrogen (secondary N) is 2. The molecule has 0 aliphatic heterocycles. The highest BCUT2D eigenvalue weighted by atomic mass is 35.5. The third-order valence-corrected chi connectivity index (χ3v) is 4.65. The number of nitrogens with zero attached hydrogens (tertiary/aromatic N) is 2. The number of para-hydroxylation sites is 2. The van der Waals surface area contributed by atoms with Gasteiger partial charge in [-0.05, 0) is 29.8 Å². The fraction of sp³-hybridized carbons (Fsp3) is 0.167. The fourth-order valence-electron chi connectivity index (χ4n) is 2.69. The van der Waals surface area contributed by atoms with Crippen LogP contribution in [-0.2, 0) is 11.2 Å². The van der Waals surface area contributed by atoms with E-state index in [2.05, 4.69) is 15.3 Å². The topological polar surface area (TPSA) is 98.3 Å². The molecule has 1 atom stereocenters. The van der Waals surface area contributed by atoms with Gasteiger partial charge in [0.1, 0.15) is 6.04 Å². The monoisotopic (exact) mass is 406 g/mol. The molecule has 1 heterocycles. The summed E-state index contributed by atoms with van der Waals surface area (Å²) < 4.78 is 0. The fourth-order valence-corrected chi connectivity index (χ4v) is 3.18. The molecule has 3 aromatic rings. The number of anilines is 1. The summed E-state index contributed by atoms with van der Waals surface area (Å²) >= 11 is 12.0. The number of rotatable bonds is 5. The molecule has 0 fully saturated rings. The van der Waals surface area contributed by atoms with Gasteiger partial charge in [0.15, 0.2) is 0 Å². The van der Waals surface area contributed by atoms with Gasteiger partial charge in [-0.15, -0.1) is 0 Å². The van der Waals surface area contributed by atoms with E-state index in [-0.39, 0.29) is 6.42 Å². The van der Waals surface area contributed by atoms with Crippen LogP contribution in [-0.4, -0.2) is 40.2 Å². The van der Waals surface area contributed by atoms with Gasteiger partial charge in [-0.1, -0.05) is 41.4 Å². The van der Waals surface area contributed by atoms with E-state index in [0.29, 0.717) is 27.1 Å². The number of aromatic amines is 1. The molecule has 27 heavy (non-hydrogen) atoms. The Morgan fingerprint density at radius 2 is 2.00 bits per heavy atom. The summed E-state index contributed by atoms with van der Waals surface area (Å²) in [6.45, 7) is 0. The lowest BCUT2D eigenvalue weighted by molar-refractivity contribution is -0.120. The van der Waals surface area contributed by atoms with Crippen LogP contribution in [0.2, 0.25) is 10.0 Å². The highest BCUT2D eigenvalue weighted by molar-refractivity contribution is 6.35. The minimum absolute atomic E-state index is 0.0751. The summed E-state index contributed by atoms with van der Waals surface area (Å²) in [6.07, 6.45) is -1.23. The average molecular weight is 407 g/mol. The third-order valence-electron chi connectivity index (χ3n) is 4.06. The number of hydrogen-bond donors (Lipinski definition) is 3. The molecule has 0 unspecified atom stereocenters. The number of imidazole rings is 1. The highest BCUT2D eigenvalue weighted by Crippen LogP contribution is 2.23. The molecular formula is C18H16Cl2N4O3. The summed E-state index contributed by atoms with van der Waals surface area (Å²) in [6, 6.07) is 11.1. The van der Waals surface area contributed by atoms with Gasteiger partial charge >= 0.3 is 6.09 Å². The number of halogens is 2. The number of likely N-dealkylation sites (N-methyl/N-ethyl adjacent to an activating group) is 1. The molecule has 3 rings (SSSR count). The molecule has 0 saturated heterocycles. The van der Waals surface area contributed by atoms with Crippen molar-refractivity contribution in [3.05, 3.63) is 58.1 Å². The smallest absolute Gasteiger partial charge is 0.405 e. The number of carbonyl (C=O) groups excluding carboxylic acids is 1. The lowest BCUT2D eigenvalue weighted by Gasteiger charge is -2.22. The number of H-pyrrole nitrogens is 1. The van der Waals surface area contributed by atoms with E-state index in [1.807, 2.05) is 24.3 Å². The van der Waals surface area contributed by atoms with E-state index in [1.165, 1.54) is 11.9 Å². The standard InChI is InChI=1S/C18H16Cl2N4O3/c1-24(17-21-13-4-2-3-5-14(13)22-17)16(25)15(23-18(26)27)8-10-6-7-11(19)9-12(10)20/h2-7,9,15,23H,8H2,1H3,(H,21,22)(H,26,27)/t15-/m0/s1. The third kappa shape index (κ3) is 4.32. The molecule has 0 aliphatic carbocycles. The van der Waals surface area contributed by atoms with Gasteiger partial charge in [-0.3, -0.25) is 9.69 Å². The number of fused-ring (bicyclic) bond motifs is 1. The van der Waals surface area contributed by atoms with E-state index < -0.39 is 18.0 Å². The molecule has 140 valence electrons.